The average molecular weight is 261 g/mol. The van der Waals surface area contributed by atoms with Crippen LogP contribution in [-0.4, -0.2) is 56.8 Å². The van der Waals surface area contributed by atoms with Crippen LogP contribution >= 0.6 is 0 Å². The largest absolute Gasteiger partial charge is 0.329 e. The number of likely N-dealkylation sites (N-methyl/N-ethyl adjacent to an activating group) is 1. The lowest BCUT2D eigenvalue weighted by Crippen LogP contribution is -2.31. The Bertz CT molecular complexity index is 440. The number of sulfonamides is 1. The summed E-state index contributed by atoms with van der Waals surface area (Å²) in [5.74, 6) is 0. The Hall–Kier alpha value is -0.960. The van der Waals surface area contributed by atoms with Crippen LogP contribution in [0.3, 0.4) is 0 Å². The van der Waals surface area contributed by atoms with Gasteiger partial charge >= 0.3 is 0 Å². The van der Waals surface area contributed by atoms with Gasteiger partial charge in [-0.15, -0.1) is 0 Å². The quantitative estimate of drug-likeness (QED) is 0.635. The standard InChI is InChI=1S/C9H19N5O2S/c1-13(2)6-4-12-17(15,16)9-7-11-14(8-9)5-3-10/h7-8,12H,3-6,10H2,1-2H3. The maximum atomic E-state index is 11.8. The van der Waals surface area contributed by atoms with Gasteiger partial charge in [-0.05, 0) is 14.1 Å². The first-order valence-corrected chi connectivity index (χ1v) is 6.81. The Balaban J connectivity index is 2.62. The summed E-state index contributed by atoms with van der Waals surface area (Å²) < 4.78 is 27.7. The third kappa shape index (κ3) is 4.43. The molecule has 0 spiro atoms. The smallest absolute Gasteiger partial charge is 0.243 e. The van der Waals surface area contributed by atoms with E-state index in [2.05, 4.69) is 9.82 Å². The number of aromatic nitrogens is 2. The molecule has 3 N–H and O–H groups in total. The van der Waals surface area contributed by atoms with Crippen LogP contribution in [0.1, 0.15) is 0 Å². The van der Waals surface area contributed by atoms with Crippen molar-refractivity contribution in [2.24, 2.45) is 5.73 Å². The minimum atomic E-state index is -3.45. The van der Waals surface area contributed by atoms with Crippen LogP contribution in [0.15, 0.2) is 17.3 Å². The summed E-state index contributed by atoms with van der Waals surface area (Å²) in [6.07, 6.45) is 2.80. The van der Waals surface area contributed by atoms with E-state index in [0.29, 0.717) is 26.2 Å². The molecule has 0 bridgehead atoms. The molecule has 0 aromatic carbocycles. The summed E-state index contributed by atoms with van der Waals surface area (Å²) in [7, 11) is 0.311. The molecule has 0 unspecified atom stereocenters. The van der Waals surface area contributed by atoms with Crippen LogP contribution < -0.4 is 10.5 Å². The summed E-state index contributed by atoms with van der Waals surface area (Å²) >= 11 is 0. The lowest BCUT2D eigenvalue weighted by molar-refractivity contribution is 0.412. The predicted octanol–water partition coefficient (Wildman–Crippen LogP) is -1.32. The molecule has 0 fully saturated rings. The predicted molar refractivity (Wildman–Crippen MR) is 65.0 cm³/mol. The number of nitrogens with two attached hydrogens (primary N) is 1. The van der Waals surface area contributed by atoms with Gasteiger partial charge in [0.05, 0.1) is 12.7 Å². The summed E-state index contributed by atoms with van der Waals surface area (Å²) in [5, 5.41) is 3.92. The van der Waals surface area contributed by atoms with Crippen molar-refractivity contribution in [1.82, 2.24) is 19.4 Å². The van der Waals surface area contributed by atoms with Crippen molar-refractivity contribution in [2.75, 3.05) is 33.7 Å². The molecule has 0 saturated heterocycles. The Morgan fingerprint density at radius 2 is 2.24 bits per heavy atom. The van der Waals surface area contributed by atoms with Crippen LogP contribution in [0.25, 0.3) is 0 Å². The molecule has 0 saturated carbocycles. The molecule has 0 atom stereocenters. The van der Waals surface area contributed by atoms with Crippen molar-refractivity contribution in [3.63, 3.8) is 0 Å². The summed E-state index contributed by atoms with van der Waals surface area (Å²) in [5.41, 5.74) is 5.36. The summed E-state index contributed by atoms with van der Waals surface area (Å²) in [4.78, 5) is 2.07. The van der Waals surface area contributed by atoms with Crippen molar-refractivity contribution in [3.8, 4) is 0 Å². The molecule has 8 heteroatoms. The van der Waals surface area contributed by atoms with Crippen molar-refractivity contribution in [1.29, 1.82) is 0 Å². The Labute approximate surface area is 102 Å². The molecule has 1 rings (SSSR count). The van der Waals surface area contributed by atoms with Crippen LogP contribution in [0.2, 0.25) is 0 Å². The maximum absolute atomic E-state index is 11.8. The molecule has 0 radical (unpaired) electrons. The van der Waals surface area contributed by atoms with Crippen molar-refractivity contribution in [2.45, 2.75) is 11.4 Å². The average Bonchev–Trinajstić information content (AvgIpc) is 2.66. The number of nitrogens with zero attached hydrogens (tertiary/aromatic N) is 3. The SMILES string of the molecule is CN(C)CCNS(=O)(=O)c1cnn(CCN)c1. The van der Waals surface area contributed by atoms with E-state index in [1.165, 1.54) is 17.1 Å². The Morgan fingerprint density at radius 1 is 1.53 bits per heavy atom. The minimum absolute atomic E-state index is 0.171. The molecular weight excluding hydrogens is 242 g/mol. The van der Waals surface area contributed by atoms with Crippen LogP contribution in [-0.2, 0) is 16.6 Å². The van der Waals surface area contributed by atoms with Gasteiger partial charge in [0.1, 0.15) is 4.90 Å². The topological polar surface area (TPSA) is 93.2 Å². The first-order chi connectivity index (χ1) is 7.95. The van der Waals surface area contributed by atoms with E-state index in [-0.39, 0.29) is 4.90 Å². The van der Waals surface area contributed by atoms with Gasteiger partial charge in [0.25, 0.3) is 0 Å². The van der Waals surface area contributed by atoms with E-state index in [1.54, 1.807) is 0 Å². The van der Waals surface area contributed by atoms with Gasteiger partial charge in [0, 0.05) is 25.8 Å². The number of hydrogen-bond acceptors (Lipinski definition) is 5. The zero-order chi connectivity index (χ0) is 12.9. The molecule has 0 aliphatic heterocycles. The van der Waals surface area contributed by atoms with Gasteiger partial charge in [0.15, 0.2) is 0 Å². The highest BCUT2D eigenvalue weighted by Gasteiger charge is 2.15. The summed E-state index contributed by atoms with van der Waals surface area (Å²) in [6.45, 7) is 1.95. The van der Waals surface area contributed by atoms with Gasteiger partial charge in [-0.1, -0.05) is 0 Å². The van der Waals surface area contributed by atoms with Gasteiger partial charge < -0.3 is 10.6 Å². The Morgan fingerprint density at radius 3 is 2.82 bits per heavy atom. The van der Waals surface area contributed by atoms with Crippen molar-refractivity contribution in [3.05, 3.63) is 12.4 Å². The first kappa shape index (κ1) is 14.1. The van der Waals surface area contributed by atoms with Gasteiger partial charge in [0.2, 0.25) is 10.0 Å². The fourth-order valence-corrected chi connectivity index (χ4v) is 2.20. The molecule has 98 valence electrons. The number of rotatable bonds is 7. The monoisotopic (exact) mass is 261 g/mol. The van der Waals surface area contributed by atoms with E-state index >= 15 is 0 Å². The second-order valence-electron chi connectivity index (χ2n) is 3.93. The van der Waals surface area contributed by atoms with E-state index in [4.69, 9.17) is 5.73 Å². The minimum Gasteiger partial charge on any atom is -0.329 e. The number of hydrogen-bond donors (Lipinski definition) is 2. The first-order valence-electron chi connectivity index (χ1n) is 5.32. The molecule has 0 aliphatic carbocycles. The third-order valence-corrected chi connectivity index (χ3v) is 3.54. The highest BCUT2D eigenvalue weighted by Crippen LogP contribution is 2.06. The fraction of sp³-hybridized carbons (Fsp3) is 0.667. The molecule has 0 aliphatic rings. The number of nitrogens with one attached hydrogen (secondary N) is 1. The molecule has 0 amide bonds. The van der Waals surface area contributed by atoms with E-state index < -0.39 is 10.0 Å². The molecule has 17 heavy (non-hydrogen) atoms. The zero-order valence-electron chi connectivity index (χ0n) is 10.1. The molecule has 1 aromatic rings. The highest BCUT2D eigenvalue weighted by molar-refractivity contribution is 7.89. The highest BCUT2D eigenvalue weighted by atomic mass is 32.2. The lowest BCUT2D eigenvalue weighted by atomic mass is 10.6. The van der Waals surface area contributed by atoms with Gasteiger partial charge in [-0.25, -0.2) is 13.1 Å². The summed E-state index contributed by atoms with van der Waals surface area (Å²) in [6, 6.07) is 0. The lowest BCUT2D eigenvalue weighted by Gasteiger charge is -2.09. The molecule has 7 nitrogen and oxygen atoms in total. The Kier molecular flexibility index (Phi) is 5.06. The van der Waals surface area contributed by atoms with E-state index in [9.17, 15) is 8.42 Å². The van der Waals surface area contributed by atoms with Crippen LogP contribution in [0, 0.1) is 0 Å². The fourth-order valence-electron chi connectivity index (χ4n) is 1.22. The molecule has 1 aromatic heterocycles. The van der Waals surface area contributed by atoms with E-state index in [0.717, 1.165) is 0 Å². The van der Waals surface area contributed by atoms with Crippen molar-refractivity contribution >= 4 is 10.0 Å². The second kappa shape index (κ2) is 6.10. The van der Waals surface area contributed by atoms with Gasteiger partial charge in [-0.3, -0.25) is 4.68 Å². The normalized spacial score (nSPS) is 12.2. The van der Waals surface area contributed by atoms with E-state index in [1.807, 2.05) is 19.0 Å². The third-order valence-electron chi connectivity index (χ3n) is 2.13. The molecular formula is C9H19N5O2S. The van der Waals surface area contributed by atoms with Crippen LogP contribution in [0.5, 0.6) is 0 Å². The van der Waals surface area contributed by atoms with Crippen molar-refractivity contribution < 1.29 is 8.42 Å². The zero-order valence-corrected chi connectivity index (χ0v) is 10.9. The second-order valence-corrected chi connectivity index (χ2v) is 5.70. The van der Waals surface area contributed by atoms with Gasteiger partial charge in [-0.2, -0.15) is 5.10 Å². The maximum Gasteiger partial charge on any atom is 0.243 e. The molecule has 1 heterocycles. The van der Waals surface area contributed by atoms with Crippen LogP contribution in [0.4, 0.5) is 0 Å².